The van der Waals surface area contributed by atoms with E-state index in [0.29, 0.717) is 11.8 Å². The molecule has 0 amide bonds. The van der Waals surface area contributed by atoms with E-state index in [1.165, 1.54) is 7.11 Å². The third-order valence-corrected chi connectivity index (χ3v) is 3.46. The molecule has 0 bridgehead atoms. The van der Waals surface area contributed by atoms with Crippen LogP contribution < -0.4 is 5.73 Å². The molecular weight excluding hydrogens is 186 g/mol. The zero-order valence-electron chi connectivity index (χ0n) is 8.58. The summed E-state index contributed by atoms with van der Waals surface area (Å²) in [5, 5.41) is 0.305. The number of ether oxygens (including phenoxy) is 1. The number of methoxy groups -OCH3 is 1. The van der Waals surface area contributed by atoms with Gasteiger partial charge in [0.15, 0.2) is 0 Å². The monoisotopic (exact) mass is 205 g/mol. The van der Waals surface area contributed by atoms with Crippen LogP contribution in [0.1, 0.15) is 20.3 Å². The summed E-state index contributed by atoms with van der Waals surface area (Å²) in [6, 6.07) is 0. The second-order valence-corrected chi connectivity index (χ2v) is 4.52. The summed E-state index contributed by atoms with van der Waals surface area (Å²) < 4.78 is 4.66. The van der Waals surface area contributed by atoms with Crippen molar-refractivity contribution in [2.45, 2.75) is 25.5 Å². The third kappa shape index (κ3) is 5.16. The van der Waals surface area contributed by atoms with Gasteiger partial charge in [0.25, 0.3) is 0 Å². The van der Waals surface area contributed by atoms with Crippen LogP contribution in [0.5, 0.6) is 0 Å². The molecule has 0 aromatic carbocycles. The van der Waals surface area contributed by atoms with E-state index in [1.54, 1.807) is 11.8 Å². The highest BCUT2D eigenvalue weighted by Gasteiger charge is 2.20. The number of thioether (sulfide) groups is 1. The first kappa shape index (κ1) is 12.8. The van der Waals surface area contributed by atoms with E-state index in [2.05, 4.69) is 4.74 Å². The van der Waals surface area contributed by atoms with Gasteiger partial charge in [0.2, 0.25) is 0 Å². The predicted octanol–water partition coefficient (Wildman–Crippen LogP) is 1.27. The van der Waals surface area contributed by atoms with Crippen molar-refractivity contribution in [1.29, 1.82) is 0 Å². The molecule has 2 unspecified atom stereocenters. The van der Waals surface area contributed by atoms with Gasteiger partial charge < -0.3 is 10.5 Å². The summed E-state index contributed by atoms with van der Waals surface area (Å²) in [6.07, 6.45) is 1.00. The minimum Gasteiger partial charge on any atom is -0.469 e. The lowest BCUT2D eigenvalue weighted by molar-refractivity contribution is -0.144. The number of carbonyl (C=O) groups excluding carboxylic acids is 1. The van der Waals surface area contributed by atoms with Crippen LogP contribution in [-0.2, 0) is 9.53 Å². The van der Waals surface area contributed by atoms with E-state index in [-0.39, 0.29) is 11.9 Å². The smallest absolute Gasteiger partial charge is 0.309 e. The lowest BCUT2D eigenvalue weighted by Crippen LogP contribution is -2.22. The van der Waals surface area contributed by atoms with E-state index < -0.39 is 0 Å². The molecule has 0 spiro atoms. The molecule has 2 N–H and O–H groups in total. The quantitative estimate of drug-likeness (QED) is 0.524. The Kier molecular flexibility index (Phi) is 7.09. The summed E-state index contributed by atoms with van der Waals surface area (Å²) in [5.74, 6) is 0.847. The summed E-state index contributed by atoms with van der Waals surface area (Å²) in [4.78, 5) is 11.1. The fraction of sp³-hybridized carbons (Fsp3) is 0.889. The molecule has 3 nitrogen and oxygen atoms in total. The summed E-state index contributed by atoms with van der Waals surface area (Å²) in [6.45, 7) is 4.65. The number of esters is 1. The molecular formula is C9H19NO2S. The number of carbonyl (C=O) groups is 1. The fourth-order valence-corrected chi connectivity index (χ4v) is 1.98. The van der Waals surface area contributed by atoms with Crippen molar-refractivity contribution in [2.75, 3.05) is 19.4 Å². The standard InChI is InChI=1S/C9H19NO2S/c1-7(9(11)12-3)8(2)13-6-4-5-10/h7-8H,4-6,10H2,1-3H3. The van der Waals surface area contributed by atoms with Gasteiger partial charge in [0.1, 0.15) is 0 Å². The first-order chi connectivity index (χ1) is 6.13. The summed E-state index contributed by atoms with van der Waals surface area (Å²) in [5.41, 5.74) is 5.37. The van der Waals surface area contributed by atoms with Crippen LogP contribution in [0.4, 0.5) is 0 Å². The van der Waals surface area contributed by atoms with Gasteiger partial charge in [0, 0.05) is 5.25 Å². The van der Waals surface area contributed by atoms with Crippen LogP contribution in [0.25, 0.3) is 0 Å². The highest BCUT2D eigenvalue weighted by Crippen LogP contribution is 2.20. The highest BCUT2D eigenvalue weighted by atomic mass is 32.2. The Bertz CT molecular complexity index is 153. The lowest BCUT2D eigenvalue weighted by atomic mass is 10.1. The van der Waals surface area contributed by atoms with Crippen molar-refractivity contribution < 1.29 is 9.53 Å². The summed E-state index contributed by atoms with van der Waals surface area (Å²) in [7, 11) is 1.43. The van der Waals surface area contributed by atoms with E-state index >= 15 is 0 Å². The van der Waals surface area contributed by atoms with Crippen molar-refractivity contribution in [3.8, 4) is 0 Å². The largest absolute Gasteiger partial charge is 0.469 e. The van der Waals surface area contributed by atoms with Crippen LogP contribution in [0.15, 0.2) is 0 Å². The van der Waals surface area contributed by atoms with Gasteiger partial charge in [-0.3, -0.25) is 4.79 Å². The molecule has 0 radical (unpaired) electrons. The maximum Gasteiger partial charge on any atom is 0.309 e. The summed E-state index contributed by atoms with van der Waals surface area (Å²) >= 11 is 1.77. The first-order valence-electron chi connectivity index (χ1n) is 4.53. The number of rotatable bonds is 6. The Morgan fingerprint density at radius 3 is 2.62 bits per heavy atom. The third-order valence-electron chi connectivity index (χ3n) is 2.01. The zero-order valence-corrected chi connectivity index (χ0v) is 9.39. The van der Waals surface area contributed by atoms with Gasteiger partial charge in [-0.15, -0.1) is 0 Å². The van der Waals surface area contributed by atoms with E-state index in [4.69, 9.17) is 5.73 Å². The molecule has 0 saturated heterocycles. The van der Waals surface area contributed by atoms with Crippen LogP contribution in [0, 0.1) is 5.92 Å². The predicted molar refractivity (Wildman–Crippen MR) is 56.8 cm³/mol. The van der Waals surface area contributed by atoms with Gasteiger partial charge >= 0.3 is 5.97 Å². The molecule has 0 aromatic heterocycles. The SMILES string of the molecule is COC(=O)C(C)C(C)SCCCN. The molecule has 0 saturated carbocycles. The van der Waals surface area contributed by atoms with Gasteiger partial charge in [0.05, 0.1) is 13.0 Å². The Hall–Kier alpha value is -0.220. The van der Waals surface area contributed by atoms with E-state index in [1.807, 2.05) is 13.8 Å². The second kappa shape index (κ2) is 7.21. The van der Waals surface area contributed by atoms with Crippen LogP contribution in [0.3, 0.4) is 0 Å². The lowest BCUT2D eigenvalue weighted by Gasteiger charge is -2.16. The maximum atomic E-state index is 11.1. The Morgan fingerprint density at radius 2 is 2.15 bits per heavy atom. The van der Waals surface area contributed by atoms with Crippen LogP contribution in [-0.4, -0.2) is 30.6 Å². The van der Waals surface area contributed by atoms with E-state index in [0.717, 1.165) is 12.2 Å². The molecule has 0 fully saturated rings. The average molecular weight is 205 g/mol. The average Bonchev–Trinajstić information content (AvgIpc) is 2.15. The molecule has 4 heteroatoms. The number of nitrogens with two attached hydrogens (primary N) is 1. The molecule has 0 rings (SSSR count). The van der Waals surface area contributed by atoms with Crippen LogP contribution >= 0.6 is 11.8 Å². The van der Waals surface area contributed by atoms with Crippen molar-refractivity contribution in [1.82, 2.24) is 0 Å². The maximum absolute atomic E-state index is 11.1. The molecule has 0 heterocycles. The van der Waals surface area contributed by atoms with Crippen molar-refractivity contribution in [2.24, 2.45) is 11.7 Å². The molecule has 13 heavy (non-hydrogen) atoms. The normalized spacial score (nSPS) is 15.1. The molecule has 0 aromatic rings. The van der Waals surface area contributed by atoms with Crippen molar-refractivity contribution >= 4 is 17.7 Å². The molecule has 2 atom stereocenters. The minimum atomic E-state index is -0.132. The Morgan fingerprint density at radius 1 is 1.54 bits per heavy atom. The van der Waals surface area contributed by atoms with Gasteiger partial charge in [-0.1, -0.05) is 13.8 Å². The van der Waals surface area contributed by atoms with Crippen LogP contribution in [0.2, 0.25) is 0 Å². The fourth-order valence-electron chi connectivity index (χ4n) is 0.874. The molecule has 0 aliphatic rings. The Balaban J connectivity index is 3.68. The van der Waals surface area contributed by atoms with Gasteiger partial charge in [-0.2, -0.15) is 11.8 Å². The minimum absolute atomic E-state index is 0.0345. The van der Waals surface area contributed by atoms with Gasteiger partial charge in [-0.05, 0) is 18.7 Å². The second-order valence-electron chi connectivity index (χ2n) is 3.03. The number of hydrogen-bond donors (Lipinski definition) is 1. The number of hydrogen-bond acceptors (Lipinski definition) is 4. The molecule has 0 aliphatic carbocycles. The van der Waals surface area contributed by atoms with Gasteiger partial charge in [-0.25, -0.2) is 0 Å². The topological polar surface area (TPSA) is 52.3 Å². The Labute approximate surface area is 84.4 Å². The molecule has 0 aliphatic heterocycles. The first-order valence-corrected chi connectivity index (χ1v) is 5.57. The molecule has 78 valence electrons. The van der Waals surface area contributed by atoms with Crippen molar-refractivity contribution in [3.05, 3.63) is 0 Å². The highest BCUT2D eigenvalue weighted by molar-refractivity contribution is 7.99. The van der Waals surface area contributed by atoms with Crippen molar-refractivity contribution in [3.63, 3.8) is 0 Å². The van der Waals surface area contributed by atoms with E-state index in [9.17, 15) is 4.79 Å². The zero-order chi connectivity index (χ0) is 10.3.